The van der Waals surface area contributed by atoms with Crippen molar-refractivity contribution < 1.29 is 9.59 Å². The fourth-order valence-corrected chi connectivity index (χ4v) is 3.01. The van der Waals surface area contributed by atoms with E-state index in [-0.39, 0.29) is 11.2 Å². The third kappa shape index (κ3) is 0.969. The lowest BCUT2D eigenvalue weighted by Crippen LogP contribution is -2.52. The summed E-state index contributed by atoms with van der Waals surface area (Å²) in [5.41, 5.74) is -0.958. The minimum Gasteiger partial charge on any atom is -0.302 e. The van der Waals surface area contributed by atoms with Crippen molar-refractivity contribution in [2.24, 2.45) is 16.7 Å². The zero-order valence-electron chi connectivity index (χ0n) is 8.75. The Balaban J connectivity index is 2.51. The third-order valence-electron chi connectivity index (χ3n) is 4.20. The van der Waals surface area contributed by atoms with Crippen LogP contribution in [0.5, 0.6) is 0 Å². The van der Waals surface area contributed by atoms with Gasteiger partial charge >= 0.3 is 0 Å². The molecule has 2 bridgehead atoms. The minimum absolute atomic E-state index is 0.0315. The maximum atomic E-state index is 11.7. The minimum atomic E-state index is -0.731. The summed E-state index contributed by atoms with van der Waals surface area (Å²) in [4.78, 5) is 22.9. The molecule has 0 aromatic rings. The van der Waals surface area contributed by atoms with Gasteiger partial charge in [0.15, 0.2) is 0 Å². The van der Waals surface area contributed by atoms with Gasteiger partial charge < -0.3 is 4.79 Å². The average Bonchev–Trinajstić information content (AvgIpc) is 2.17. The van der Waals surface area contributed by atoms with Crippen molar-refractivity contribution >= 4 is 12.1 Å². The summed E-state index contributed by atoms with van der Waals surface area (Å²) < 4.78 is 0. The average molecular weight is 192 g/mol. The molecule has 2 nitrogen and oxygen atoms in total. The largest absolute Gasteiger partial charge is 0.302 e. The number of carbonyl (C=O) groups is 2. The van der Waals surface area contributed by atoms with E-state index in [4.69, 9.17) is 0 Å². The van der Waals surface area contributed by atoms with Crippen LogP contribution < -0.4 is 0 Å². The second-order valence-electron chi connectivity index (χ2n) is 4.92. The molecular weight excluding hydrogens is 176 g/mol. The molecule has 1 saturated carbocycles. The maximum Gasteiger partial charge on any atom is 0.143 e. The van der Waals surface area contributed by atoms with Crippen molar-refractivity contribution in [3.05, 3.63) is 12.2 Å². The second-order valence-corrected chi connectivity index (χ2v) is 4.92. The molecule has 0 heterocycles. The first-order valence-corrected chi connectivity index (χ1v) is 5.21. The fraction of sp³-hybridized carbons (Fsp3) is 0.667. The van der Waals surface area contributed by atoms with Crippen LogP contribution >= 0.6 is 0 Å². The van der Waals surface area contributed by atoms with Gasteiger partial charge in [-0.25, -0.2) is 0 Å². The highest BCUT2D eigenvalue weighted by Crippen LogP contribution is 2.56. The quantitative estimate of drug-likeness (QED) is 0.381. The predicted molar refractivity (Wildman–Crippen MR) is 53.8 cm³/mol. The van der Waals surface area contributed by atoms with Crippen LogP contribution in [0.2, 0.25) is 0 Å². The summed E-state index contributed by atoms with van der Waals surface area (Å²) >= 11 is 0. The van der Waals surface area contributed by atoms with Crippen LogP contribution in [-0.4, -0.2) is 12.1 Å². The summed E-state index contributed by atoms with van der Waals surface area (Å²) in [6.45, 7) is 3.59. The summed E-state index contributed by atoms with van der Waals surface area (Å²) in [6.07, 6.45) is 7.96. The molecule has 0 aromatic carbocycles. The van der Waals surface area contributed by atoms with E-state index < -0.39 is 5.41 Å². The highest BCUT2D eigenvalue weighted by molar-refractivity contribution is 5.98. The number of fused-ring (bicyclic) bond motifs is 2. The number of rotatable bonds is 2. The highest BCUT2D eigenvalue weighted by atomic mass is 16.1. The standard InChI is InChI=1S/C12H16O2/c1-9(14)12(8-13)7-10-3-5-11(12,2)6-4-10/h3,5,8,10H,4,6-7H2,1-2H3/t10-,11+,12-/m1/s1. The smallest absolute Gasteiger partial charge is 0.143 e. The number of ketones is 1. The zero-order chi connectivity index (χ0) is 10.4. The molecule has 0 unspecified atom stereocenters. The molecule has 3 atom stereocenters. The van der Waals surface area contributed by atoms with E-state index in [1.54, 1.807) is 6.92 Å². The summed E-state index contributed by atoms with van der Waals surface area (Å²) in [5.74, 6) is 0.468. The van der Waals surface area contributed by atoms with E-state index in [0.717, 1.165) is 25.5 Å². The van der Waals surface area contributed by atoms with Gasteiger partial charge in [0.05, 0.1) is 5.41 Å². The van der Waals surface area contributed by atoms with E-state index in [1.165, 1.54) is 0 Å². The first-order chi connectivity index (χ1) is 6.54. The van der Waals surface area contributed by atoms with Gasteiger partial charge in [0.2, 0.25) is 0 Å². The Morgan fingerprint density at radius 1 is 1.57 bits per heavy atom. The van der Waals surface area contributed by atoms with E-state index >= 15 is 0 Å². The molecule has 3 aliphatic rings. The molecule has 0 aromatic heterocycles. The van der Waals surface area contributed by atoms with Gasteiger partial charge in [0.25, 0.3) is 0 Å². The molecule has 0 N–H and O–H groups in total. The lowest BCUT2D eigenvalue weighted by atomic mass is 9.50. The number of allylic oxidation sites excluding steroid dienone is 2. The number of hydrogen-bond acceptors (Lipinski definition) is 2. The van der Waals surface area contributed by atoms with Gasteiger partial charge in [-0.2, -0.15) is 0 Å². The van der Waals surface area contributed by atoms with E-state index in [2.05, 4.69) is 12.2 Å². The van der Waals surface area contributed by atoms with Crippen LogP contribution in [0.3, 0.4) is 0 Å². The highest BCUT2D eigenvalue weighted by Gasteiger charge is 2.55. The first kappa shape index (κ1) is 9.63. The lowest BCUT2D eigenvalue weighted by molar-refractivity contribution is -0.144. The normalized spacial score (nSPS) is 45.1. The monoisotopic (exact) mass is 192 g/mol. The van der Waals surface area contributed by atoms with Crippen LogP contribution in [0.15, 0.2) is 12.2 Å². The van der Waals surface area contributed by atoms with Gasteiger partial charge in [0, 0.05) is 5.41 Å². The van der Waals surface area contributed by atoms with Crippen molar-refractivity contribution in [1.82, 2.24) is 0 Å². The molecule has 0 radical (unpaired) electrons. The Morgan fingerprint density at radius 2 is 2.29 bits per heavy atom. The van der Waals surface area contributed by atoms with Crippen LogP contribution in [0.1, 0.15) is 33.1 Å². The van der Waals surface area contributed by atoms with E-state index in [0.29, 0.717) is 5.92 Å². The van der Waals surface area contributed by atoms with Gasteiger partial charge in [-0.1, -0.05) is 19.1 Å². The zero-order valence-corrected chi connectivity index (χ0v) is 8.75. The topological polar surface area (TPSA) is 34.1 Å². The first-order valence-electron chi connectivity index (χ1n) is 5.21. The van der Waals surface area contributed by atoms with Crippen molar-refractivity contribution in [2.75, 3.05) is 0 Å². The molecule has 3 aliphatic carbocycles. The number of carbonyl (C=O) groups excluding carboxylic acids is 2. The van der Waals surface area contributed by atoms with Gasteiger partial charge in [0.1, 0.15) is 12.1 Å². The molecule has 0 spiro atoms. The van der Waals surface area contributed by atoms with E-state index in [1.807, 2.05) is 6.92 Å². The van der Waals surface area contributed by atoms with Crippen molar-refractivity contribution in [3.8, 4) is 0 Å². The van der Waals surface area contributed by atoms with Crippen LogP contribution in [0.25, 0.3) is 0 Å². The molecule has 3 rings (SSSR count). The SMILES string of the molecule is CC(=O)[C@]1(C=O)C[C@@H]2C=C[C@@]1(C)CC2. The van der Waals surface area contributed by atoms with Gasteiger partial charge in [-0.05, 0) is 32.1 Å². The lowest BCUT2D eigenvalue weighted by Gasteiger charge is -2.51. The third-order valence-corrected chi connectivity index (χ3v) is 4.20. The molecule has 76 valence electrons. The predicted octanol–water partition coefficient (Wildman–Crippen LogP) is 2.14. The Morgan fingerprint density at radius 3 is 2.57 bits per heavy atom. The number of hydrogen-bond donors (Lipinski definition) is 0. The molecule has 14 heavy (non-hydrogen) atoms. The maximum absolute atomic E-state index is 11.7. The molecule has 1 fully saturated rings. The van der Waals surface area contributed by atoms with Gasteiger partial charge in [-0.3, -0.25) is 4.79 Å². The fourth-order valence-electron chi connectivity index (χ4n) is 3.01. The molecule has 0 aliphatic heterocycles. The molecule has 0 saturated heterocycles. The Bertz CT molecular complexity index is 318. The van der Waals surface area contributed by atoms with Crippen molar-refractivity contribution in [2.45, 2.75) is 33.1 Å². The van der Waals surface area contributed by atoms with Crippen LogP contribution in [0, 0.1) is 16.7 Å². The van der Waals surface area contributed by atoms with E-state index in [9.17, 15) is 9.59 Å². The Labute approximate surface area is 84.4 Å². The summed E-state index contributed by atoms with van der Waals surface area (Å²) in [5, 5.41) is 0. The Hall–Kier alpha value is -0.920. The Kier molecular flexibility index (Phi) is 1.91. The molecule has 0 amide bonds. The molecular formula is C12H16O2. The number of aldehydes is 1. The summed E-state index contributed by atoms with van der Waals surface area (Å²) in [7, 11) is 0. The number of Topliss-reactive ketones (excluding diaryl/α,β-unsaturated/α-hetero) is 1. The summed E-state index contributed by atoms with van der Waals surface area (Å²) in [6, 6.07) is 0. The van der Waals surface area contributed by atoms with Crippen molar-refractivity contribution in [3.63, 3.8) is 0 Å². The second kappa shape index (κ2) is 2.78. The van der Waals surface area contributed by atoms with Crippen LogP contribution in [0.4, 0.5) is 0 Å². The molecule has 2 heteroatoms. The van der Waals surface area contributed by atoms with Crippen LogP contribution in [-0.2, 0) is 9.59 Å². The van der Waals surface area contributed by atoms with Gasteiger partial charge in [-0.15, -0.1) is 0 Å². The van der Waals surface area contributed by atoms with Crippen molar-refractivity contribution in [1.29, 1.82) is 0 Å².